The van der Waals surface area contributed by atoms with Crippen LogP contribution in [0.3, 0.4) is 0 Å². The van der Waals surface area contributed by atoms with Gasteiger partial charge in [-0.05, 0) is 48.9 Å². The Balaban J connectivity index is 0.00000120. The molecule has 0 aromatic carbocycles. The van der Waals surface area contributed by atoms with E-state index < -0.39 is 0 Å². The van der Waals surface area contributed by atoms with E-state index in [0.717, 1.165) is 45.4 Å². The van der Waals surface area contributed by atoms with Gasteiger partial charge in [-0.1, -0.05) is 0 Å². The number of hydrogen-bond acceptors (Lipinski definition) is 3. The maximum Gasteiger partial charge on any atom is 0.223 e. The Labute approximate surface area is 118 Å². The minimum Gasteiger partial charge on any atom is -0.338 e. The molecule has 0 saturated carbocycles. The molecule has 2 aliphatic heterocycles. The van der Waals surface area contributed by atoms with Gasteiger partial charge < -0.3 is 10.2 Å². The lowest BCUT2D eigenvalue weighted by Crippen LogP contribution is -2.36. The first kappa shape index (κ1) is 13.8. The fourth-order valence-electron chi connectivity index (χ4n) is 2.73. The van der Waals surface area contributed by atoms with Crippen LogP contribution < -0.4 is 5.32 Å². The zero-order valence-corrected chi connectivity index (χ0v) is 12.0. The molecule has 1 amide bonds. The lowest BCUT2D eigenvalue weighted by Gasteiger charge is -2.28. The van der Waals surface area contributed by atoms with Crippen LogP contribution in [0.15, 0.2) is 11.4 Å². The van der Waals surface area contributed by atoms with E-state index in [1.807, 2.05) is 16.2 Å². The number of carbonyl (C=O) groups is 1. The first-order valence-electron chi connectivity index (χ1n) is 6.36. The van der Waals surface area contributed by atoms with E-state index in [1.165, 1.54) is 10.4 Å². The molecule has 1 N–H and O–H groups in total. The minimum atomic E-state index is 0. The van der Waals surface area contributed by atoms with Gasteiger partial charge in [-0.15, -0.1) is 23.7 Å². The van der Waals surface area contributed by atoms with Crippen molar-refractivity contribution in [1.29, 1.82) is 0 Å². The highest BCUT2D eigenvalue weighted by atomic mass is 35.5. The van der Waals surface area contributed by atoms with Crippen molar-refractivity contribution in [3.63, 3.8) is 0 Å². The number of rotatable bonds is 2. The van der Waals surface area contributed by atoms with E-state index in [9.17, 15) is 4.79 Å². The third-order valence-electron chi connectivity index (χ3n) is 3.79. The highest BCUT2D eigenvalue weighted by Gasteiger charge is 2.25. The molecule has 3 nitrogen and oxygen atoms in total. The van der Waals surface area contributed by atoms with E-state index in [2.05, 4.69) is 16.8 Å². The molecule has 1 atom stereocenters. The zero-order valence-electron chi connectivity index (χ0n) is 10.4. The van der Waals surface area contributed by atoms with Crippen LogP contribution in [-0.2, 0) is 17.8 Å². The topological polar surface area (TPSA) is 32.3 Å². The lowest BCUT2D eigenvalue weighted by molar-refractivity contribution is -0.133. The number of halogens is 1. The van der Waals surface area contributed by atoms with Crippen LogP contribution in [0.4, 0.5) is 0 Å². The Bertz CT molecular complexity index is 415. The van der Waals surface area contributed by atoms with Gasteiger partial charge in [-0.2, -0.15) is 0 Å². The van der Waals surface area contributed by atoms with Crippen LogP contribution >= 0.6 is 23.7 Å². The summed E-state index contributed by atoms with van der Waals surface area (Å²) >= 11 is 1.82. The summed E-state index contributed by atoms with van der Waals surface area (Å²) < 4.78 is 0. The van der Waals surface area contributed by atoms with Crippen molar-refractivity contribution in [2.75, 3.05) is 19.6 Å². The van der Waals surface area contributed by atoms with Crippen molar-refractivity contribution in [2.24, 2.45) is 5.92 Å². The van der Waals surface area contributed by atoms with Gasteiger partial charge in [0.05, 0.1) is 0 Å². The standard InChI is InChI=1S/C13H18N2OS.ClH/c16-13(7-10-1-4-14-8-10)15-5-2-12-11(9-15)3-6-17-12;/h3,6,10,14H,1-2,4-5,7-9H2;1H. The minimum absolute atomic E-state index is 0. The van der Waals surface area contributed by atoms with Gasteiger partial charge >= 0.3 is 0 Å². The molecule has 1 fully saturated rings. The van der Waals surface area contributed by atoms with Gasteiger partial charge in [-0.3, -0.25) is 4.79 Å². The molecular formula is C13H19ClN2OS. The molecule has 1 saturated heterocycles. The lowest BCUT2D eigenvalue weighted by atomic mass is 10.0. The number of carbonyl (C=O) groups excluding carboxylic acids is 1. The Hall–Kier alpha value is -0.580. The first-order chi connectivity index (χ1) is 8.33. The summed E-state index contributed by atoms with van der Waals surface area (Å²) in [5, 5.41) is 5.46. The van der Waals surface area contributed by atoms with Crippen molar-refractivity contribution < 1.29 is 4.79 Å². The maximum atomic E-state index is 12.2. The van der Waals surface area contributed by atoms with Crippen LogP contribution in [0.25, 0.3) is 0 Å². The highest BCUT2D eigenvalue weighted by molar-refractivity contribution is 7.10. The van der Waals surface area contributed by atoms with Crippen LogP contribution in [0.1, 0.15) is 23.3 Å². The third kappa shape index (κ3) is 2.87. The van der Waals surface area contributed by atoms with Gasteiger partial charge in [0.25, 0.3) is 0 Å². The van der Waals surface area contributed by atoms with Crippen molar-refractivity contribution >= 4 is 29.7 Å². The molecule has 3 rings (SSSR count). The molecule has 0 bridgehead atoms. The average Bonchev–Trinajstić information content (AvgIpc) is 2.97. The number of thiophene rings is 1. The summed E-state index contributed by atoms with van der Waals surface area (Å²) in [6.45, 7) is 3.83. The second-order valence-electron chi connectivity index (χ2n) is 5.00. The van der Waals surface area contributed by atoms with E-state index in [1.54, 1.807) is 0 Å². The molecular weight excluding hydrogens is 268 g/mol. The molecule has 2 aliphatic rings. The quantitative estimate of drug-likeness (QED) is 0.903. The van der Waals surface area contributed by atoms with Gasteiger partial charge in [0.1, 0.15) is 0 Å². The summed E-state index contributed by atoms with van der Waals surface area (Å²) in [6, 6.07) is 2.16. The Kier molecular flexibility index (Phi) is 4.65. The van der Waals surface area contributed by atoms with Crippen molar-refractivity contribution in [3.8, 4) is 0 Å². The maximum absolute atomic E-state index is 12.2. The Morgan fingerprint density at radius 2 is 2.44 bits per heavy atom. The van der Waals surface area contributed by atoms with Crippen LogP contribution in [0.2, 0.25) is 0 Å². The fraction of sp³-hybridized carbons (Fsp3) is 0.615. The fourth-order valence-corrected chi connectivity index (χ4v) is 3.62. The SMILES string of the molecule is Cl.O=C(CC1CCNC1)N1CCc2sccc2C1. The van der Waals surface area contributed by atoms with Crippen molar-refractivity contribution in [3.05, 3.63) is 21.9 Å². The zero-order chi connectivity index (χ0) is 11.7. The molecule has 18 heavy (non-hydrogen) atoms. The van der Waals surface area contributed by atoms with Crippen LogP contribution in [0.5, 0.6) is 0 Å². The predicted octanol–water partition coefficient (Wildman–Crippen LogP) is 2.05. The number of nitrogens with one attached hydrogen (secondary N) is 1. The molecule has 0 aliphatic carbocycles. The summed E-state index contributed by atoms with van der Waals surface area (Å²) in [5.41, 5.74) is 1.36. The van der Waals surface area contributed by atoms with Crippen LogP contribution in [0, 0.1) is 5.92 Å². The summed E-state index contributed by atoms with van der Waals surface area (Å²) in [7, 11) is 0. The first-order valence-corrected chi connectivity index (χ1v) is 7.24. The monoisotopic (exact) mass is 286 g/mol. The summed E-state index contributed by atoms with van der Waals surface area (Å²) in [4.78, 5) is 15.7. The summed E-state index contributed by atoms with van der Waals surface area (Å²) in [6.07, 6.45) is 2.93. The average molecular weight is 287 g/mol. The summed E-state index contributed by atoms with van der Waals surface area (Å²) in [5.74, 6) is 0.905. The van der Waals surface area contributed by atoms with E-state index >= 15 is 0 Å². The van der Waals surface area contributed by atoms with E-state index in [4.69, 9.17) is 0 Å². The third-order valence-corrected chi connectivity index (χ3v) is 4.81. The number of fused-ring (bicyclic) bond motifs is 1. The smallest absolute Gasteiger partial charge is 0.223 e. The van der Waals surface area contributed by atoms with Crippen molar-refractivity contribution in [1.82, 2.24) is 10.2 Å². The molecule has 1 aromatic heterocycles. The normalized spacial score (nSPS) is 22.4. The Morgan fingerprint density at radius 1 is 1.56 bits per heavy atom. The van der Waals surface area contributed by atoms with E-state index in [-0.39, 0.29) is 12.4 Å². The molecule has 100 valence electrons. The molecule has 3 heterocycles. The highest BCUT2D eigenvalue weighted by Crippen LogP contribution is 2.25. The number of amides is 1. The Morgan fingerprint density at radius 3 is 3.22 bits per heavy atom. The number of hydrogen-bond donors (Lipinski definition) is 1. The molecule has 1 unspecified atom stereocenters. The van der Waals surface area contributed by atoms with Gasteiger partial charge in [-0.25, -0.2) is 0 Å². The second-order valence-corrected chi connectivity index (χ2v) is 6.00. The molecule has 0 radical (unpaired) electrons. The van der Waals surface area contributed by atoms with Crippen molar-refractivity contribution in [2.45, 2.75) is 25.8 Å². The largest absolute Gasteiger partial charge is 0.338 e. The van der Waals surface area contributed by atoms with Gasteiger partial charge in [0.15, 0.2) is 0 Å². The van der Waals surface area contributed by atoms with Crippen LogP contribution in [-0.4, -0.2) is 30.4 Å². The molecule has 0 spiro atoms. The molecule has 1 aromatic rings. The predicted molar refractivity (Wildman–Crippen MR) is 76.3 cm³/mol. The second kappa shape index (κ2) is 6.04. The van der Waals surface area contributed by atoms with Gasteiger partial charge in [0.2, 0.25) is 5.91 Å². The molecule has 5 heteroatoms. The van der Waals surface area contributed by atoms with E-state index in [0.29, 0.717) is 11.8 Å². The van der Waals surface area contributed by atoms with Gasteiger partial charge in [0, 0.05) is 24.4 Å². The number of nitrogens with zero attached hydrogens (tertiary/aromatic N) is 1.